The fourth-order valence-corrected chi connectivity index (χ4v) is 4.76. The van der Waals surface area contributed by atoms with Gasteiger partial charge in [0, 0.05) is 29.6 Å². The minimum absolute atomic E-state index is 0.0596. The minimum atomic E-state index is -4.72. The van der Waals surface area contributed by atoms with Crippen LogP contribution in [0, 0.1) is 23.4 Å². The maximum atomic E-state index is 14.2. The average Bonchev–Trinajstić information content (AvgIpc) is 3.29. The number of nitrogens with two attached hydrogens (primary N) is 1. The third-order valence-corrected chi connectivity index (χ3v) is 6.45. The third-order valence-electron chi connectivity index (χ3n) is 6.45. The second-order valence-electron chi connectivity index (χ2n) is 10.4. The van der Waals surface area contributed by atoms with E-state index in [4.69, 9.17) is 5.73 Å². The van der Waals surface area contributed by atoms with E-state index in [1.54, 1.807) is 26.0 Å². The maximum Gasteiger partial charge on any atom is 0.435 e. The normalized spacial score (nSPS) is 12.4. The lowest BCUT2D eigenvalue weighted by Gasteiger charge is -2.22. The summed E-state index contributed by atoms with van der Waals surface area (Å²) in [4.78, 5) is 29.3. The molecule has 3 N–H and O–H groups in total. The molecule has 7 nitrogen and oxygen atoms in total. The number of alkyl halides is 3. The smallest absolute Gasteiger partial charge is 0.366 e. The number of nitrogens with zero attached hydrogens (tertiary/aromatic N) is 3. The maximum absolute atomic E-state index is 14.2. The molecule has 1 unspecified atom stereocenters. The van der Waals surface area contributed by atoms with Gasteiger partial charge in [0.05, 0.1) is 17.3 Å². The molecule has 2 amide bonds. The lowest BCUT2D eigenvalue weighted by Crippen LogP contribution is -2.34. The molecule has 0 aliphatic heterocycles. The summed E-state index contributed by atoms with van der Waals surface area (Å²) in [6, 6.07) is 8.46. The van der Waals surface area contributed by atoms with E-state index in [2.05, 4.69) is 15.4 Å². The lowest BCUT2D eigenvalue weighted by atomic mass is 9.94. The molecule has 0 saturated heterocycles. The number of hydrogen-bond donors (Lipinski definition) is 2. The van der Waals surface area contributed by atoms with Crippen molar-refractivity contribution in [3.63, 3.8) is 0 Å². The largest absolute Gasteiger partial charge is 0.435 e. The van der Waals surface area contributed by atoms with Crippen LogP contribution in [0.25, 0.3) is 11.1 Å². The second kappa shape index (κ2) is 12.7. The number of hydrogen-bond acceptors (Lipinski definition) is 4. The molecule has 2 aromatic heterocycles. The first-order valence-corrected chi connectivity index (χ1v) is 13.1. The quantitative estimate of drug-likeness (QED) is 0.225. The summed E-state index contributed by atoms with van der Waals surface area (Å²) in [7, 11) is 0. The van der Waals surface area contributed by atoms with Crippen molar-refractivity contribution in [1.29, 1.82) is 0 Å². The van der Waals surface area contributed by atoms with Crippen molar-refractivity contribution >= 4 is 11.8 Å². The average molecular weight is 604 g/mol. The third kappa shape index (κ3) is 7.79. The highest BCUT2D eigenvalue weighted by Crippen LogP contribution is 2.33. The molecule has 0 bridgehead atoms. The zero-order valence-electron chi connectivity index (χ0n) is 23.1. The number of carbonyl (C=O) groups is 2. The van der Waals surface area contributed by atoms with E-state index in [-0.39, 0.29) is 35.6 Å². The molecule has 226 valence electrons. The minimum Gasteiger partial charge on any atom is -0.366 e. The van der Waals surface area contributed by atoms with E-state index >= 15 is 0 Å². The first-order valence-electron chi connectivity index (χ1n) is 13.1. The summed E-state index contributed by atoms with van der Waals surface area (Å²) < 4.78 is 83.9. The van der Waals surface area contributed by atoms with Crippen LogP contribution in [-0.2, 0) is 30.4 Å². The Morgan fingerprint density at radius 1 is 1.00 bits per heavy atom. The van der Waals surface area contributed by atoms with Crippen molar-refractivity contribution in [2.45, 2.75) is 45.5 Å². The van der Waals surface area contributed by atoms with Gasteiger partial charge in [0.15, 0.2) is 5.69 Å². The van der Waals surface area contributed by atoms with Gasteiger partial charge < -0.3 is 11.1 Å². The zero-order chi connectivity index (χ0) is 31.5. The lowest BCUT2D eigenvalue weighted by molar-refractivity contribution is -0.142. The summed E-state index contributed by atoms with van der Waals surface area (Å²) in [5.74, 6) is -4.45. The molecule has 0 saturated carbocycles. The molecule has 1 atom stereocenters. The Balaban J connectivity index is 1.72. The molecule has 0 spiro atoms. The molecule has 43 heavy (non-hydrogen) atoms. The number of benzene rings is 2. The Bertz CT molecular complexity index is 1630. The van der Waals surface area contributed by atoms with Crippen molar-refractivity contribution in [3.05, 3.63) is 106 Å². The zero-order valence-corrected chi connectivity index (χ0v) is 23.1. The number of nitrogens with one attached hydrogen (secondary N) is 1. The highest BCUT2D eigenvalue weighted by molar-refractivity contribution is 5.94. The molecule has 0 aliphatic carbocycles. The van der Waals surface area contributed by atoms with Crippen LogP contribution in [0.5, 0.6) is 0 Å². The molecule has 0 aliphatic rings. The van der Waals surface area contributed by atoms with Crippen molar-refractivity contribution in [3.8, 4) is 11.1 Å². The molecule has 4 rings (SSSR count). The fourth-order valence-electron chi connectivity index (χ4n) is 4.76. The fraction of sp³-hybridized carbons (Fsp3) is 0.267. The highest BCUT2D eigenvalue weighted by atomic mass is 19.4. The molecule has 2 heterocycles. The van der Waals surface area contributed by atoms with Gasteiger partial charge in [-0.1, -0.05) is 26.0 Å². The molecule has 2 aromatic carbocycles. The standard InChI is InChI=1S/C30H27F6N5O2/c1-16(2)8-19-14-41(40-28(19)30(34,35)36)15-26(42)39-25(11-17-9-20(31)13-21(32)10-17)27-22(4-3-7-38-27)18-5-6-24(33)23(12-18)29(37)43/h3-7,9-10,12-14,16,25H,8,11,15H2,1-2H3,(H2,37,43)(H,39,42). The first-order chi connectivity index (χ1) is 20.2. The number of primary amides is 1. The van der Waals surface area contributed by atoms with Gasteiger partial charge >= 0.3 is 6.18 Å². The Morgan fingerprint density at radius 2 is 1.70 bits per heavy atom. The van der Waals surface area contributed by atoms with Crippen LogP contribution >= 0.6 is 0 Å². The number of pyridine rings is 1. The Kier molecular flexibility index (Phi) is 9.22. The molecule has 4 aromatic rings. The number of amides is 2. The van der Waals surface area contributed by atoms with Crippen molar-refractivity contribution < 1.29 is 35.9 Å². The second-order valence-corrected chi connectivity index (χ2v) is 10.4. The molecule has 13 heteroatoms. The predicted octanol–water partition coefficient (Wildman–Crippen LogP) is 5.78. The van der Waals surface area contributed by atoms with Gasteiger partial charge in [0.1, 0.15) is 24.0 Å². The summed E-state index contributed by atoms with van der Waals surface area (Å²) in [6.07, 6.45) is -2.26. The van der Waals surface area contributed by atoms with Crippen LogP contribution in [-0.4, -0.2) is 26.6 Å². The van der Waals surface area contributed by atoms with Crippen LogP contribution in [0.3, 0.4) is 0 Å². The van der Waals surface area contributed by atoms with Crippen molar-refractivity contribution in [2.75, 3.05) is 0 Å². The Morgan fingerprint density at radius 3 is 2.33 bits per heavy atom. The van der Waals surface area contributed by atoms with Gasteiger partial charge in [-0.05, 0) is 60.2 Å². The van der Waals surface area contributed by atoms with Gasteiger partial charge in [-0.25, -0.2) is 13.2 Å². The van der Waals surface area contributed by atoms with Crippen LogP contribution < -0.4 is 11.1 Å². The van der Waals surface area contributed by atoms with Gasteiger partial charge in [0.25, 0.3) is 5.91 Å². The SMILES string of the molecule is CC(C)Cc1cn(CC(=O)NC(Cc2cc(F)cc(F)c2)c2ncccc2-c2ccc(F)c(C(N)=O)c2)nc1C(F)(F)F. The summed E-state index contributed by atoms with van der Waals surface area (Å²) in [6.45, 7) is 2.91. The Hall–Kier alpha value is -4.68. The first kappa shape index (κ1) is 31.3. The molecular weight excluding hydrogens is 576 g/mol. The van der Waals surface area contributed by atoms with Gasteiger partial charge in [-0.15, -0.1) is 0 Å². The van der Waals surface area contributed by atoms with Gasteiger partial charge in [-0.3, -0.25) is 19.3 Å². The highest BCUT2D eigenvalue weighted by Gasteiger charge is 2.37. The van der Waals surface area contributed by atoms with E-state index in [9.17, 15) is 35.9 Å². The predicted molar refractivity (Wildman–Crippen MR) is 145 cm³/mol. The summed E-state index contributed by atoms with van der Waals surface area (Å²) in [5.41, 5.74) is 4.73. The summed E-state index contributed by atoms with van der Waals surface area (Å²) in [5, 5.41) is 6.28. The van der Waals surface area contributed by atoms with Crippen molar-refractivity contribution in [2.24, 2.45) is 11.7 Å². The van der Waals surface area contributed by atoms with Crippen molar-refractivity contribution in [1.82, 2.24) is 20.1 Å². The number of aromatic nitrogens is 3. The molecule has 0 fully saturated rings. The monoisotopic (exact) mass is 603 g/mol. The number of rotatable bonds is 10. The van der Waals surface area contributed by atoms with E-state index in [0.717, 1.165) is 29.1 Å². The van der Waals surface area contributed by atoms with Gasteiger partial charge in [-0.2, -0.15) is 18.3 Å². The van der Waals surface area contributed by atoms with Crippen LogP contribution in [0.15, 0.2) is 60.9 Å². The van der Waals surface area contributed by atoms with E-state index in [1.165, 1.54) is 18.3 Å². The van der Waals surface area contributed by atoms with Gasteiger partial charge in [0.2, 0.25) is 5.91 Å². The van der Waals surface area contributed by atoms with Crippen LogP contribution in [0.4, 0.5) is 26.3 Å². The van der Waals surface area contributed by atoms with Crippen LogP contribution in [0.1, 0.15) is 52.8 Å². The molecule has 0 radical (unpaired) electrons. The summed E-state index contributed by atoms with van der Waals surface area (Å²) >= 11 is 0. The Labute approximate surface area is 242 Å². The van der Waals surface area contributed by atoms with E-state index in [1.807, 2.05) is 0 Å². The van der Waals surface area contributed by atoms with E-state index < -0.39 is 59.3 Å². The molecular formula is C30H27F6N5O2. The van der Waals surface area contributed by atoms with E-state index in [0.29, 0.717) is 17.2 Å². The number of halogens is 6. The topological polar surface area (TPSA) is 103 Å². The van der Waals surface area contributed by atoms with Crippen LogP contribution in [0.2, 0.25) is 0 Å². The number of carbonyl (C=O) groups excluding carboxylic acids is 2.